The Kier molecular flexibility index (Phi) is 19.8. The Morgan fingerprint density at radius 3 is 1.28 bits per heavy atom. The molecular weight excluding hydrogens is 907 g/mol. The first-order chi connectivity index (χ1) is 35.2. The third-order valence-corrected chi connectivity index (χ3v) is 13.8. The lowest BCUT2D eigenvalue weighted by Crippen LogP contribution is -2.17. The molecule has 5 aromatic carbocycles. The Balaban J connectivity index is 0.786. The van der Waals surface area contributed by atoms with E-state index in [1.54, 1.807) is 6.07 Å². The van der Waals surface area contributed by atoms with Crippen LogP contribution >= 0.6 is 0 Å². The van der Waals surface area contributed by atoms with E-state index in [1.165, 1.54) is 23.3 Å². The molecular formula is C61H65NO10. The molecule has 0 N–H and O–H groups in total. The Bertz CT molecular complexity index is 2620. The standard InChI is InChI=1S/C61H65NO10/c1-3-58(63)69-39-5-37-67-54-30-26-52(27-31-54)50-22-18-48(19-23-50)46-14-7-43(8-15-46)12-35-60(65)71-56-34-11-45(42-62)41-57(56)72-61(66)36-13-44-9-16-47(17-10-44)49-20-24-51(25-21-49)53-28-32-55(33-29-53)68-38-6-40-70-59(64)4-2/h3-4,11,18-34,41,43-44,46-47H,1-2,5-10,12-17,35-40H2/t43-,44-,46-,47-. The summed E-state index contributed by atoms with van der Waals surface area (Å²) in [6, 6.07) is 40.2. The molecule has 11 heteroatoms. The van der Waals surface area contributed by atoms with E-state index in [9.17, 15) is 24.4 Å². The molecule has 2 saturated carbocycles. The zero-order valence-corrected chi connectivity index (χ0v) is 41.1. The molecule has 0 saturated heterocycles. The normalized spacial score (nSPS) is 17.3. The van der Waals surface area contributed by atoms with Crippen LogP contribution in [0.15, 0.2) is 141 Å². The van der Waals surface area contributed by atoms with Crippen LogP contribution in [0.25, 0.3) is 22.3 Å². The van der Waals surface area contributed by atoms with Crippen LogP contribution in [0.1, 0.15) is 118 Å². The number of nitrogens with zero attached hydrogens (tertiary/aromatic N) is 1. The summed E-state index contributed by atoms with van der Waals surface area (Å²) in [6.07, 6.45) is 13.7. The van der Waals surface area contributed by atoms with Crippen molar-refractivity contribution in [1.82, 2.24) is 0 Å². The summed E-state index contributed by atoms with van der Waals surface area (Å²) in [5.74, 6) is 1.89. The molecule has 0 bridgehead atoms. The smallest absolute Gasteiger partial charge is 0.330 e. The molecule has 0 aromatic heterocycles. The van der Waals surface area contributed by atoms with Gasteiger partial charge in [-0.05, 0) is 158 Å². The highest BCUT2D eigenvalue weighted by molar-refractivity contribution is 5.81. The van der Waals surface area contributed by atoms with Gasteiger partial charge in [-0.15, -0.1) is 0 Å². The van der Waals surface area contributed by atoms with Crippen LogP contribution in [-0.4, -0.2) is 50.3 Å². The number of hydrogen-bond acceptors (Lipinski definition) is 11. The second-order valence-electron chi connectivity index (χ2n) is 18.7. The highest BCUT2D eigenvalue weighted by Gasteiger charge is 2.26. The topological polar surface area (TPSA) is 147 Å². The number of carbonyl (C=O) groups excluding carboxylic acids is 4. The highest BCUT2D eigenvalue weighted by atomic mass is 16.6. The van der Waals surface area contributed by atoms with Crippen molar-refractivity contribution in [2.24, 2.45) is 11.8 Å². The van der Waals surface area contributed by atoms with Gasteiger partial charge in [-0.1, -0.05) is 86.0 Å². The molecule has 0 spiro atoms. The van der Waals surface area contributed by atoms with Crippen LogP contribution in [0.4, 0.5) is 0 Å². The number of hydrogen-bond donors (Lipinski definition) is 0. The first kappa shape index (κ1) is 52.4. The molecule has 0 aliphatic heterocycles. The predicted octanol–water partition coefficient (Wildman–Crippen LogP) is 13.2. The van der Waals surface area contributed by atoms with Crippen molar-refractivity contribution in [3.8, 4) is 51.3 Å². The van der Waals surface area contributed by atoms with Gasteiger partial charge in [0.15, 0.2) is 11.5 Å². The predicted molar refractivity (Wildman–Crippen MR) is 277 cm³/mol. The second kappa shape index (κ2) is 27.2. The maximum absolute atomic E-state index is 13.2. The van der Waals surface area contributed by atoms with Crippen molar-refractivity contribution in [3.63, 3.8) is 0 Å². The lowest BCUT2D eigenvalue weighted by molar-refractivity contribution is -0.138. The average molecular weight is 972 g/mol. The largest absolute Gasteiger partial charge is 0.493 e. The number of ether oxygens (including phenoxy) is 6. The summed E-state index contributed by atoms with van der Waals surface area (Å²) in [5, 5.41) is 9.58. The highest BCUT2D eigenvalue weighted by Crippen LogP contribution is 2.40. The van der Waals surface area contributed by atoms with Gasteiger partial charge in [-0.2, -0.15) is 5.26 Å². The number of esters is 4. The van der Waals surface area contributed by atoms with Crippen LogP contribution in [-0.2, 0) is 28.7 Å². The molecule has 0 unspecified atom stereocenters. The third kappa shape index (κ3) is 16.0. The Labute approximate surface area is 423 Å². The molecule has 374 valence electrons. The average Bonchev–Trinajstić information content (AvgIpc) is 3.42. The quantitative estimate of drug-likeness (QED) is 0.0252. The molecule has 2 aliphatic rings. The summed E-state index contributed by atoms with van der Waals surface area (Å²) in [5.41, 5.74) is 7.45. The molecule has 0 radical (unpaired) electrons. The van der Waals surface area contributed by atoms with Gasteiger partial charge in [0, 0.05) is 43.9 Å². The third-order valence-electron chi connectivity index (χ3n) is 13.8. The van der Waals surface area contributed by atoms with Crippen molar-refractivity contribution in [3.05, 3.63) is 157 Å². The maximum atomic E-state index is 13.2. The summed E-state index contributed by atoms with van der Waals surface area (Å²) in [6.45, 7) is 8.26. The first-order valence-corrected chi connectivity index (χ1v) is 25.4. The van der Waals surface area contributed by atoms with Gasteiger partial charge in [-0.3, -0.25) is 9.59 Å². The summed E-state index contributed by atoms with van der Waals surface area (Å²) in [4.78, 5) is 48.7. The Morgan fingerprint density at radius 2 is 0.889 bits per heavy atom. The van der Waals surface area contributed by atoms with E-state index in [-0.39, 0.29) is 36.9 Å². The molecule has 0 amide bonds. The number of nitriles is 1. The van der Waals surface area contributed by atoms with E-state index in [4.69, 9.17) is 28.4 Å². The van der Waals surface area contributed by atoms with Crippen molar-refractivity contribution >= 4 is 23.9 Å². The van der Waals surface area contributed by atoms with Gasteiger partial charge in [-0.25, -0.2) is 9.59 Å². The van der Waals surface area contributed by atoms with E-state index >= 15 is 0 Å². The molecule has 5 aromatic rings. The molecule has 2 fully saturated rings. The van der Waals surface area contributed by atoms with Gasteiger partial charge < -0.3 is 28.4 Å². The van der Waals surface area contributed by atoms with Crippen molar-refractivity contribution in [2.75, 3.05) is 26.4 Å². The van der Waals surface area contributed by atoms with E-state index in [2.05, 4.69) is 67.8 Å². The minimum Gasteiger partial charge on any atom is -0.493 e. The molecule has 2 aliphatic carbocycles. The van der Waals surface area contributed by atoms with Crippen molar-refractivity contribution in [2.45, 2.75) is 102 Å². The van der Waals surface area contributed by atoms with Gasteiger partial charge in [0.05, 0.1) is 38.1 Å². The number of rotatable bonds is 24. The van der Waals surface area contributed by atoms with Crippen LogP contribution in [0.5, 0.6) is 23.0 Å². The van der Waals surface area contributed by atoms with Crippen molar-refractivity contribution < 1.29 is 47.6 Å². The lowest BCUT2D eigenvalue weighted by Gasteiger charge is -2.29. The fourth-order valence-electron chi connectivity index (χ4n) is 9.65. The SMILES string of the molecule is C=CC(=O)OCCCOc1ccc(-c2ccc([C@H]3CC[C@H](CCC(=O)Oc4ccc(C#N)cc4OC(=O)CC[C@H]4CC[C@H](c5ccc(-c6ccc(OCCCOC(=O)C=C)cc6)cc5)CC4)CC3)cc2)cc1. The van der Waals surface area contributed by atoms with Crippen LogP contribution < -0.4 is 18.9 Å². The Hall–Kier alpha value is -7.45. The second-order valence-corrected chi connectivity index (χ2v) is 18.7. The van der Waals surface area contributed by atoms with Gasteiger partial charge >= 0.3 is 23.9 Å². The first-order valence-electron chi connectivity index (χ1n) is 25.4. The monoisotopic (exact) mass is 971 g/mol. The maximum Gasteiger partial charge on any atom is 0.330 e. The molecule has 72 heavy (non-hydrogen) atoms. The van der Waals surface area contributed by atoms with Gasteiger partial charge in [0.1, 0.15) is 11.5 Å². The molecule has 7 rings (SSSR count). The van der Waals surface area contributed by atoms with Gasteiger partial charge in [0.25, 0.3) is 0 Å². The van der Waals surface area contributed by atoms with Crippen LogP contribution in [0.2, 0.25) is 0 Å². The Morgan fingerprint density at radius 1 is 0.500 bits per heavy atom. The lowest BCUT2D eigenvalue weighted by atomic mass is 9.77. The van der Waals surface area contributed by atoms with E-state index < -0.39 is 17.9 Å². The summed E-state index contributed by atoms with van der Waals surface area (Å²) < 4.78 is 33.1. The van der Waals surface area contributed by atoms with Crippen LogP contribution in [0, 0.1) is 23.2 Å². The number of benzene rings is 5. The molecule has 11 nitrogen and oxygen atoms in total. The van der Waals surface area contributed by atoms with Crippen LogP contribution in [0.3, 0.4) is 0 Å². The number of carbonyl (C=O) groups is 4. The zero-order chi connectivity index (χ0) is 50.5. The van der Waals surface area contributed by atoms with E-state index in [0.29, 0.717) is 68.3 Å². The summed E-state index contributed by atoms with van der Waals surface area (Å²) >= 11 is 0. The van der Waals surface area contributed by atoms with E-state index in [1.807, 2.05) is 48.5 Å². The minimum atomic E-state index is -0.432. The fourth-order valence-corrected chi connectivity index (χ4v) is 9.65. The molecule has 0 heterocycles. The van der Waals surface area contributed by atoms with Gasteiger partial charge in [0.2, 0.25) is 0 Å². The minimum absolute atomic E-state index is 0.0968. The zero-order valence-electron chi connectivity index (χ0n) is 41.1. The van der Waals surface area contributed by atoms with Crippen molar-refractivity contribution in [1.29, 1.82) is 5.26 Å². The molecule has 0 atom stereocenters. The summed E-state index contributed by atoms with van der Waals surface area (Å²) in [7, 11) is 0. The van der Waals surface area contributed by atoms with E-state index in [0.717, 1.165) is 104 Å². The fraction of sp³-hybridized carbons (Fsp3) is 0.361.